The zero-order valence-electron chi connectivity index (χ0n) is 15.9. The summed E-state index contributed by atoms with van der Waals surface area (Å²) >= 11 is 0. The largest absolute Gasteiger partial charge is 0.494 e. The van der Waals surface area contributed by atoms with Crippen LogP contribution in [0.3, 0.4) is 0 Å². The van der Waals surface area contributed by atoms with Gasteiger partial charge < -0.3 is 9.47 Å². The summed E-state index contributed by atoms with van der Waals surface area (Å²) in [6.07, 6.45) is 5.10. The number of aryl methyl sites for hydroxylation is 1. The van der Waals surface area contributed by atoms with Crippen LogP contribution in [-0.4, -0.2) is 19.2 Å². The molecule has 0 heterocycles. The second-order valence-electron chi connectivity index (χ2n) is 6.27. The van der Waals surface area contributed by atoms with E-state index in [0.29, 0.717) is 13.2 Å². The summed E-state index contributed by atoms with van der Waals surface area (Å²) in [7, 11) is 0. The highest BCUT2D eigenvalue weighted by atomic mass is 16.5. The number of esters is 1. The minimum atomic E-state index is -0.356. The van der Waals surface area contributed by atoms with Crippen LogP contribution in [0, 0.1) is 18.8 Å². The van der Waals surface area contributed by atoms with Gasteiger partial charge in [0.05, 0.1) is 13.2 Å². The maximum Gasteiger partial charge on any atom is 0.330 e. The van der Waals surface area contributed by atoms with Crippen molar-refractivity contribution in [1.82, 2.24) is 0 Å². The molecule has 3 nitrogen and oxygen atoms in total. The third kappa shape index (κ3) is 8.29. The van der Waals surface area contributed by atoms with E-state index >= 15 is 0 Å². The summed E-state index contributed by atoms with van der Waals surface area (Å²) in [6, 6.07) is 16.0. The maximum atomic E-state index is 10.9. The number of carbonyl (C=O) groups is 1. The molecule has 0 aliphatic heterocycles. The van der Waals surface area contributed by atoms with E-state index in [1.807, 2.05) is 36.4 Å². The van der Waals surface area contributed by atoms with E-state index < -0.39 is 0 Å². The van der Waals surface area contributed by atoms with E-state index in [4.69, 9.17) is 9.47 Å². The van der Waals surface area contributed by atoms with E-state index in [9.17, 15) is 4.79 Å². The summed E-state index contributed by atoms with van der Waals surface area (Å²) in [5, 5.41) is 0. The molecule has 2 aromatic carbocycles. The molecule has 0 saturated heterocycles. The van der Waals surface area contributed by atoms with Crippen LogP contribution in [0.2, 0.25) is 0 Å². The summed E-state index contributed by atoms with van der Waals surface area (Å²) in [5.74, 6) is 6.84. The molecular weight excluding hydrogens is 336 g/mol. The summed E-state index contributed by atoms with van der Waals surface area (Å²) in [6.45, 7) is 6.57. The van der Waals surface area contributed by atoms with Crippen molar-refractivity contribution < 1.29 is 14.3 Å². The Bertz CT molecular complexity index is 777. The highest BCUT2D eigenvalue weighted by molar-refractivity contribution is 5.81. The molecule has 0 bridgehead atoms. The first kappa shape index (κ1) is 20.3. The molecule has 140 valence electrons. The van der Waals surface area contributed by atoms with Gasteiger partial charge in [0.1, 0.15) is 5.75 Å². The van der Waals surface area contributed by atoms with Crippen molar-refractivity contribution in [3.05, 3.63) is 77.9 Å². The second-order valence-corrected chi connectivity index (χ2v) is 6.27. The molecule has 0 fully saturated rings. The Morgan fingerprint density at radius 2 is 1.44 bits per heavy atom. The van der Waals surface area contributed by atoms with Gasteiger partial charge in [-0.15, -0.1) is 0 Å². The number of benzene rings is 2. The Morgan fingerprint density at radius 3 is 2.04 bits per heavy atom. The summed E-state index contributed by atoms with van der Waals surface area (Å²) in [4.78, 5) is 10.9. The van der Waals surface area contributed by atoms with Crippen LogP contribution in [0.4, 0.5) is 0 Å². The van der Waals surface area contributed by atoms with Crippen molar-refractivity contribution in [1.29, 1.82) is 0 Å². The molecule has 0 atom stereocenters. The van der Waals surface area contributed by atoms with Gasteiger partial charge in [0.15, 0.2) is 0 Å². The van der Waals surface area contributed by atoms with Gasteiger partial charge in [0.25, 0.3) is 0 Å². The number of ether oxygens (including phenoxy) is 2. The molecule has 0 aliphatic carbocycles. The van der Waals surface area contributed by atoms with Gasteiger partial charge in [-0.05, 0) is 69.0 Å². The molecule has 0 aliphatic rings. The van der Waals surface area contributed by atoms with Crippen molar-refractivity contribution in [3.63, 3.8) is 0 Å². The lowest BCUT2D eigenvalue weighted by atomic mass is 10.1. The normalized spacial score (nSPS) is 9.81. The van der Waals surface area contributed by atoms with E-state index in [1.165, 1.54) is 11.6 Å². The molecular formula is C24H26O3. The van der Waals surface area contributed by atoms with Gasteiger partial charge in [-0.2, -0.15) is 0 Å². The van der Waals surface area contributed by atoms with Crippen LogP contribution < -0.4 is 4.74 Å². The minimum Gasteiger partial charge on any atom is -0.494 e. The third-order valence-corrected chi connectivity index (χ3v) is 3.98. The Kier molecular flexibility index (Phi) is 8.73. The number of carbonyl (C=O) groups excluding carboxylic acids is 1. The lowest BCUT2D eigenvalue weighted by Gasteiger charge is -2.06. The molecule has 0 radical (unpaired) electrons. The van der Waals surface area contributed by atoms with Gasteiger partial charge in [-0.1, -0.05) is 36.1 Å². The topological polar surface area (TPSA) is 35.5 Å². The van der Waals surface area contributed by atoms with Crippen molar-refractivity contribution >= 4 is 5.97 Å². The first-order chi connectivity index (χ1) is 13.2. The van der Waals surface area contributed by atoms with Gasteiger partial charge in [-0.3, -0.25) is 0 Å². The molecule has 0 spiro atoms. The van der Waals surface area contributed by atoms with Crippen LogP contribution in [-0.2, 0) is 9.53 Å². The SMILES string of the molecule is C=CC(=O)OCCCCCCOc1ccc(C#Cc2ccc(C)cc2)cc1. The van der Waals surface area contributed by atoms with Crippen molar-refractivity contribution in [2.45, 2.75) is 32.6 Å². The van der Waals surface area contributed by atoms with E-state index in [2.05, 4.69) is 37.5 Å². The summed E-state index contributed by atoms with van der Waals surface area (Å²) in [5.41, 5.74) is 3.22. The molecule has 0 aromatic heterocycles. The standard InChI is InChI=1S/C24H26O3/c1-3-24(25)27-19-7-5-4-6-18-26-23-16-14-22(15-17-23)13-12-21-10-8-20(2)9-11-21/h3,8-11,14-17H,1,4-7,18-19H2,2H3. The Balaban J connectivity index is 1.64. The smallest absolute Gasteiger partial charge is 0.330 e. The fourth-order valence-electron chi connectivity index (χ4n) is 2.40. The summed E-state index contributed by atoms with van der Waals surface area (Å²) < 4.78 is 10.7. The quantitative estimate of drug-likeness (QED) is 0.271. The number of hydrogen-bond acceptors (Lipinski definition) is 3. The van der Waals surface area contributed by atoms with Gasteiger partial charge in [-0.25, -0.2) is 4.79 Å². The zero-order chi connectivity index (χ0) is 19.3. The van der Waals surface area contributed by atoms with E-state index in [-0.39, 0.29) is 5.97 Å². The first-order valence-corrected chi connectivity index (χ1v) is 9.28. The van der Waals surface area contributed by atoms with E-state index in [1.54, 1.807) is 0 Å². The fraction of sp³-hybridized carbons (Fsp3) is 0.292. The highest BCUT2D eigenvalue weighted by Gasteiger charge is 1.97. The van der Waals surface area contributed by atoms with Crippen LogP contribution in [0.1, 0.15) is 42.4 Å². The van der Waals surface area contributed by atoms with E-state index in [0.717, 1.165) is 42.6 Å². The number of hydrogen-bond donors (Lipinski definition) is 0. The first-order valence-electron chi connectivity index (χ1n) is 9.28. The Morgan fingerprint density at radius 1 is 0.889 bits per heavy atom. The van der Waals surface area contributed by atoms with Crippen LogP contribution in [0.5, 0.6) is 5.75 Å². The molecule has 27 heavy (non-hydrogen) atoms. The van der Waals surface area contributed by atoms with Gasteiger partial charge in [0.2, 0.25) is 0 Å². The molecule has 2 rings (SSSR count). The average molecular weight is 362 g/mol. The van der Waals surface area contributed by atoms with Crippen LogP contribution >= 0.6 is 0 Å². The molecule has 0 N–H and O–H groups in total. The number of rotatable bonds is 9. The Hall–Kier alpha value is -2.99. The van der Waals surface area contributed by atoms with Gasteiger partial charge in [0, 0.05) is 17.2 Å². The van der Waals surface area contributed by atoms with Crippen molar-refractivity contribution in [2.24, 2.45) is 0 Å². The lowest BCUT2D eigenvalue weighted by molar-refractivity contribution is -0.137. The predicted molar refractivity (Wildman–Crippen MR) is 109 cm³/mol. The highest BCUT2D eigenvalue weighted by Crippen LogP contribution is 2.13. The molecule has 0 unspecified atom stereocenters. The molecule has 2 aromatic rings. The second kappa shape index (κ2) is 11.6. The molecule has 3 heteroatoms. The van der Waals surface area contributed by atoms with Crippen molar-refractivity contribution in [2.75, 3.05) is 13.2 Å². The molecule has 0 saturated carbocycles. The van der Waals surface area contributed by atoms with Gasteiger partial charge >= 0.3 is 5.97 Å². The predicted octanol–water partition coefficient (Wildman–Crippen LogP) is 5.06. The number of unbranched alkanes of at least 4 members (excludes halogenated alkanes) is 3. The fourth-order valence-corrected chi connectivity index (χ4v) is 2.40. The Labute approximate surface area is 162 Å². The maximum absolute atomic E-state index is 10.9. The monoisotopic (exact) mass is 362 g/mol. The third-order valence-electron chi connectivity index (χ3n) is 3.98. The zero-order valence-corrected chi connectivity index (χ0v) is 15.9. The van der Waals surface area contributed by atoms with Crippen molar-refractivity contribution in [3.8, 4) is 17.6 Å². The minimum absolute atomic E-state index is 0.356. The van der Waals surface area contributed by atoms with Crippen LogP contribution in [0.25, 0.3) is 0 Å². The molecule has 0 amide bonds. The lowest BCUT2D eigenvalue weighted by Crippen LogP contribution is -2.02. The average Bonchev–Trinajstić information content (AvgIpc) is 2.70. The van der Waals surface area contributed by atoms with Crippen LogP contribution in [0.15, 0.2) is 61.2 Å².